The van der Waals surface area contributed by atoms with Crippen molar-refractivity contribution in [2.75, 3.05) is 19.8 Å². The van der Waals surface area contributed by atoms with E-state index >= 15 is 0 Å². The number of nitrogens with zero attached hydrogens (tertiary/aromatic N) is 1. The highest BCUT2D eigenvalue weighted by Gasteiger charge is 2.26. The lowest BCUT2D eigenvalue weighted by Crippen LogP contribution is -2.36. The minimum atomic E-state index is -0.380. The summed E-state index contributed by atoms with van der Waals surface area (Å²) in [5, 5.41) is 5.46. The first kappa shape index (κ1) is 14.6. The number of fused-ring (bicyclic) bond motifs is 1. The summed E-state index contributed by atoms with van der Waals surface area (Å²) >= 11 is 0. The predicted octanol–water partition coefficient (Wildman–Crippen LogP) is 0.731. The van der Waals surface area contributed by atoms with Crippen LogP contribution in [-0.2, 0) is 4.79 Å². The first-order valence-corrected chi connectivity index (χ1v) is 7.62. The molecule has 1 aromatic carbocycles. The Hall–Kier alpha value is -3.03. The van der Waals surface area contributed by atoms with Gasteiger partial charge in [0.15, 0.2) is 29.3 Å². The Bertz CT molecular complexity index is 801. The van der Waals surface area contributed by atoms with Crippen molar-refractivity contribution < 1.29 is 23.5 Å². The van der Waals surface area contributed by atoms with E-state index in [1.54, 1.807) is 18.2 Å². The highest BCUT2D eigenvalue weighted by atomic mass is 16.6. The van der Waals surface area contributed by atoms with Gasteiger partial charge in [-0.05, 0) is 18.2 Å². The molecular formula is C16H15N3O5. The smallest absolute Gasteiger partial charge is 0.274 e. The molecule has 2 N–H and O–H groups in total. The third kappa shape index (κ3) is 2.66. The zero-order chi connectivity index (χ0) is 16.5. The standard InChI is InChI=1S/C16H15N3O5/c20-13-6-10(7-17-13)19-16(21)14-15(24-8-18-14)9-1-2-11-12(5-9)23-4-3-22-11/h1-2,5,8,10H,3-4,6-7H2,(H,17,20)(H,19,21). The van der Waals surface area contributed by atoms with Crippen molar-refractivity contribution >= 4 is 11.8 Å². The second-order valence-corrected chi connectivity index (χ2v) is 5.57. The van der Waals surface area contributed by atoms with Crippen molar-refractivity contribution in [3.63, 3.8) is 0 Å². The van der Waals surface area contributed by atoms with Gasteiger partial charge in [-0.25, -0.2) is 4.98 Å². The number of carbonyl (C=O) groups is 2. The Morgan fingerprint density at radius 1 is 1.25 bits per heavy atom. The SMILES string of the molecule is O=C1CC(NC(=O)c2ncoc2-c2ccc3c(c2)OCCO3)CN1. The lowest BCUT2D eigenvalue weighted by Gasteiger charge is -2.18. The monoisotopic (exact) mass is 329 g/mol. The van der Waals surface area contributed by atoms with Gasteiger partial charge in [0, 0.05) is 18.5 Å². The van der Waals surface area contributed by atoms with Gasteiger partial charge < -0.3 is 24.5 Å². The Kier molecular flexibility index (Phi) is 3.56. The van der Waals surface area contributed by atoms with Crippen LogP contribution in [0.25, 0.3) is 11.3 Å². The number of amides is 2. The molecule has 1 unspecified atom stereocenters. The topological polar surface area (TPSA) is 103 Å². The van der Waals surface area contributed by atoms with Gasteiger partial charge >= 0.3 is 0 Å². The normalized spacial score (nSPS) is 19.0. The van der Waals surface area contributed by atoms with Gasteiger partial charge in [0.1, 0.15) is 13.2 Å². The molecule has 0 bridgehead atoms. The molecule has 0 spiro atoms. The fraction of sp³-hybridized carbons (Fsp3) is 0.312. The second kappa shape index (κ2) is 5.88. The van der Waals surface area contributed by atoms with Crippen LogP contribution in [0.1, 0.15) is 16.9 Å². The molecule has 0 aliphatic carbocycles. The molecule has 124 valence electrons. The van der Waals surface area contributed by atoms with E-state index in [0.717, 1.165) is 0 Å². The van der Waals surface area contributed by atoms with E-state index in [1.807, 2.05) is 0 Å². The minimum Gasteiger partial charge on any atom is -0.486 e. The van der Waals surface area contributed by atoms with Crippen molar-refractivity contribution in [1.29, 1.82) is 0 Å². The molecule has 24 heavy (non-hydrogen) atoms. The second-order valence-electron chi connectivity index (χ2n) is 5.57. The summed E-state index contributed by atoms with van der Waals surface area (Å²) < 4.78 is 16.4. The molecule has 0 saturated carbocycles. The molecule has 1 saturated heterocycles. The van der Waals surface area contributed by atoms with E-state index < -0.39 is 0 Å². The molecule has 2 aromatic rings. The molecule has 2 aliphatic heterocycles. The lowest BCUT2D eigenvalue weighted by molar-refractivity contribution is -0.119. The van der Waals surface area contributed by atoms with Crippen molar-refractivity contribution in [3.8, 4) is 22.8 Å². The largest absolute Gasteiger partial charge is 0.486 e. The molecule has 0 radical (unpaired) electrons. The van der Waals surface area contributed by atoms with Gasteiger partial charge in [-0.15, -0.1) is 0 Å². The van der Waals surface area contributed by atoms with Crippen LogP contribution >= 0.6 is 0 Å². The number of nitrogens with one attached hydrogen (secondary N) is 2. The first-order chi connectivity index (χ1) is 11.7. The van der Waals surface area contributed by atoms with Crippen LogP contribution in [0, 0.1) is 0 Å². The van der Waals surface area contributed by atoms with E-state index in [4.69, 9.17) is 13.9 Å². The summed E-state index contributed by atoms with van der Waals surface area (Å²) in [7, 11) is 0. The number of hydrogen-bond acceptors (Lipinski definition) is 6. The average molecular weight is 329 g/mol. The van der Waals surface area contributed by atoms with Gasteiger partial charge in [-0.1, -0.05) is 0 Å². The Labute approximate surface area is 137 Å². The zero-order valence-corrected chi connectivity index (χ0v) is 12.7. The molecule has 8 nitrogen and oxygen atoms in total. The van der Waals surface area contributed by atoms with Crippen LogP contribution in [0.2, 0.25) is 0 Å². The van der Waals surface area contributed by atoms with Crippen molar-refractivity contribution in [2.24, 2.45) is 0 Å². The van der Waals surface area contributed by atoms with Gasteiger partial charge in [-0.2, -0.15) is 0 Å². The Morgan fingerprint density at radius 3 is 2.88 bits per heavy atom. The molecule has 2 aliphatic rings. The maximum atomic E-state index is 12.4. The van der Waals surface area contributed by atoms with Crippen LogP contribution in [0.4, 0.5) is 0 Å². The van der Waals surface area contributed by atoms with Crippen LogP contribution in [0.15, 0.2) is 29.0 Å². The summed E-state index contributed by atoms with van der Waals surface area (Å²) in [4.78, 5) is 27.7. The van der Waals surface area contributed by atoms with E-state index in [1.165, 1.54) is 6.39 Å². The van der Waals surface area contributed by atoms with Crippen molar-refractivity contribution in [1.82, 2.24) is 15.6 Å². The van der Waals surface area contributed by atoms with E-state index in [-0.39, 0.29) is 30.0 Å². The third-order valence-electron chi connectivity index (χ3n) is 3.90. The molecule has 3 heterocycles. The molecular weight excluding hydrogens is 314 g/mol. The maximum Gasteiger partial charge on any atom is 0.274 e. The third-order valence-corrected chi connectivity index (χ3v) is 3.90. The molecule has 1 fully saturated rings. The van der Waals surface area contributed by atoms with Gasteiger partial charge in [0.05, 0.1) is 6.04 Å². The number of hydrogen-bond donors (Lipinski definition) is 2. The zero-order valence-electron chi connectivity index (χ0n) is 12.7. The Morgan fingerprint density at radius 2 is 2.08 bits per heavy atom. The molecule has 8 heteroatoms. The number of aromatic nitrogens is 1. The van der Waals surface area contributed by atoms with Gasteiger partial charge in [-0.3, -0.25) is 9.59 Å². The van der Waals surface area contributed by atoms with Crippen LogP contribution < -0.4 is 20.1 Å². The number of benzene rings is 1. The lowest BCUT2D eigenvalue weighted by atomic mass is 10.1. The van der Waals surface area contributed by atoms with Crippen LogP contribution in [0.3, 0.4) is 0 Å². The summed E-state index contributed by atoms with van der Waals surface area (Å²) in [5.74, 6) is 1.16. The molecule has 2 amide bonds. The highest BCUT2D eigenvalue weighted by Crippen LogP contribution is 2.35. The van der Waals surface area contributed by atoms with Gasteiger partial charge in [0.2, 0.25) is 5.91 Å². The van der Waals surface area contributed by atoms with Gasteiger partial charge in [0.25, 0.3) is 5.91 Å². The summed E-state index contributed by atoms with van der Waals surface area (Å²) in [6.45, 7) is 1.40. The van der Waals surface area contributed by atoms with Crippen molar-refractivity contribution in [3.05, 3.63) is 30.3 Å². The quantitative estimate of drug-likeness (QED) is 0.861. The molecule has 1 aromatic heterocycles. The van der Waals surface area contributed by atoms with E-state index in [0.29, 0.717) is 42.6 Å². The predicted molar refractivity (Wildman–Crippen MR) is 81.8 cm³/mol. The fourth-order valence-corrected chi connectivity index (χ4v) is 2.76. The number of rotatable bonds is 3. The minimum absolute atomic E-state index is 0.0764. The number of oxazole rings is 1. The fourth-order valence-electron chi connectivity index (χ4n) is 2.76. The summed E-state index contributed by atoms with van der Waals surface area (Å²) in [6, 6.07) is 5.07. The summed E-state index contributed by atoms with van der Waals surface area (Å²) in [6.07, 6.45) is 1.49. The molecule has 1 atom stereocenters. The van der Waals surface area contributed by atoms with Crippen molar-refractivity contribution in [2.45, 2.75) is 12.5 Å². The Balaban J connectivity index is 1.58. The average Bonchev–Trinajstić information content (AvgIpc) is 3.23. The number of ether oxygens (including phenoxy) is 2. The highest BCUT2D eigenvalue weighted by molar-refractivity contribution is 5.98. The summed E-state index contributed by atoms with van der Waals surface area (Å²) in [5.41, 5.74) is 0.841. The van der Waals surface area contributed by atoms with Crippen LogP contribution in [0.5, 0.6) is 11.5 Å². The number of carbonyl (C=O) groups excluding carboxylic acids is 2. The maximum absolute atomic E-state index is 12.4. The first-order valence-electron chi connectivity index (χ1n) is 7.62. The van der Waals surface area contributed by atoms with E-state index in [9.17, 15) is 9.59 Å². The van der Waals surface area contributed by atoms with Crippen LogP contribution in [-0.4, -0.2) is 42.6 Å². The van der Waals surface area contributed by atoms with E-state index in [2.05, 4.69) is 15.6 Å². The molecule has 4 rings (SSSR count).